The van der Waals surface area contributed by atoms with Crippen molar-refractivity contribution in [2.75, 3.05) is 4.72 Å². The van der Waals surface area contributed by atoms with Crippen molar-refractivity contribution in [1.29, 1.82) is 0 Å². The summed E-state index contributed by atoms with van der Waals surface area (Å²) in [6, 6.07) is 1.64. The smallest absolute Gasteiger partial charge is 0.357 e. The maximum absolute atomic E-state index is 12.3. The summed E-state index contributed by atoms with van der Waals surface area (Å²) in [5, 5.41) is 14.8. The lowest BCUT2D eigenvalue weighted by Crippen LogP contribution is -2.17. The van der Waals surface area contributed by atoms with Gasteiger partial charge in [0, 0.05) is 6.20 Å². The molecule has 8 nitrogen and oxygen atoms in total. The number of H-pyrrole nitrogens is 1. The highest BCUT2D eigenvalue weighted by molar-refractivity contribution is 7.92. The van der Waals surface area contributed by atoms with Gasteiger partial charge >= 0.3 is 5.97 Å². The molecule has 2 heterocycles. The topological polar surface area (TPSA) is 125 Å². The van der Waals surface area contributed by atoms with E-state index in [0.717, 1.165) is 0 Å². The molecule has 0 aliphatic heterocycles. The number of hydrogen-bond donors (Lipinski definition) is 3. The number of anilines is 1. The van der Waals surface area contributed by atoms with Crippen LogP contribution in [0.25, 0.3) is 0 Å². The lowest BCUT2D eigenvalue weighted by molar-refractivity contribution is 0.0686. The molecule has 9 heteroatoms. The number of pyridine rings is 1. The zero-order valence-electron chi connectivity index (χ0n) is 10.7. The van der Waals surface area contributed by atoms with Crippen LogP contribution < -0.4 is 4.72 Å². The van der Waals surface area contributed by atoms with Crippen LogP contribution in [0.4, 0.5) is 5.69 Å². The molecule has 0 bridgehead atoms. The maximum Gasteiger partial charge on any atom is 0.357 e. The number of aryl methyl sites for hydroxylation is 2. The van der Waals surface area contributed by atoms with Gasteiger partial charge in [0.15, 0.2) is 5.69 Å². The molecule has 0 atom stereocenters. The van der Waals surface area contributed by atoms with Crippen LogP contribution in [0.3, 0.4) is 0 Å². The first-order valence-corrected chi connectivity index (χ1v) is 7.03. The third-order valence-electron chi connectivity index (χ3n) is 2.65. The highest BCUT2D eigenvalue weighted by Crippen LogP contribution is 2.22. The van der Waals surface area contributed by atoms with Crippen molar-refractivity contribution in [3.63, 3.8) is 0 Å². The number of nitrogens with one attached hydrogen (secondary N) is 2. The van der Waals surface area contributed by atoms with Crippen LogP contribution in [-0.2, 0) is 10.0 Å². The lowest BCUT2D eigenvalue weighted by atomic mass is 10.3. The molecule has 0 amide bonds. The molecule has 0 aliphatic carbocycles. The molecule has 3 N–H and O–H groups in total. The van der Waals surface area contributed by atoms with E-state index in [1.165, 1.54) is 19.3 Å². The minimum Gasteiger partial charge on any atom is -0.476 e. The quantitative estimate of drug-likeness (QED) is 0.770. The van der Waals surface area contributed by atoms with Gasteiger partial charge in [-0.1, -0.05) is 0 Å². The Morgan fingerprint density at radius 3 is 2.70 bits per heavy atom. The molecule has 2 rings (SSSR count). The fourth-order valence-electron chi connectivity index (χ4n) is 1.66. The Morgan fingerprint density at radius 2 is 2.10 bits per heavy atom. The maximum atomic E-state index is 12.3. The summed E-state index contributed by atoms with van der Waals surface area (Å²) in [4.78, 5) is 14.5. The predicted molar refractivity (Wildman–Crippen MR) is 70.1 cm³/mol. The summed E-state index contributed by atoms with van der Waals surface area (Å²) in [6.45, 7) is 3.14. The Morgan fingerprint density at radius 1 is 1.40 bits per heavy atom. The van der Waals surface area contributed by atoms with Crippen molar-refractivity contribution >= 4 is 21.7 Å². The van der Waals surface area contributed by atoms with Crippen molar-refractivity contribution in [3.8, 4) is 0 Å². The van der Waals surface area contributed by atoms with E-state index in [4.69, 9.17) is 5.11 Å². The largest absolute Gasteiger partial charge is 0.476 e. The van der Waals surface area contributed by atoms with Crippen LogP contribution in [0.1, 0.15) is 21.7 Å². The van der Waals surface area contributed by atoms with E-state index in [1.54, 1.807) is 13.0 Å². The number of carboxylic acids is 1. The van der Waals surface area contributed by atoms with E-state index in [1.807, 2.05) is 0 Å². The van der Waals surface area contributed by atoms with Gasteiger partial charge in [-0.2, -0.15) is 5.10 Å². The molecule has 0 saturated heterocycles. The molecule has 0 unspecified atom stereocenters. The van der Waals surface area contributed by atoms with Gasteiger partial charge in [-0.15, -0.1) is 0 Å². The average molecular weight is 296 g/mol. The molecule has 2 aromatic heterocycles. The number of rotatable bonds is 4. The number of aromatic nitrogens is 3. The van der Waals surface area contributed by atoms with Crippen LogP contribution >= 0.6 is 0 Å². The molecular weight excluding hydrogens is 284 g/mol. The fraction of sp³-hybridized carbons (Fsp3) is 0.182. The van der Waals surface area contributed by atoms with Crippen LogP contribution in [0, 0.1) is 13.8 Å². The van der Waals surface area contributed by atoms with Gasteiger partial charge in [0.2, 0.25) is 0 Å². The third-order valence-corrected chi connectivity index (χ3v) is 4.17. The Kier molecular flexibility index (Phi) is 3.45. The van der Waals surface area contributed by atoms with E-state index >= 15 is 0 Å². The molecule has 0 radical (unpaired) electrons. The molecule has 106 valence electrons. The van der Waals surface area contributed by atoms with Gasteiger partial charge in [0.05, 0.1) is 17.6 Å². The summed E-state index contributed by atoms with van der Waals surface area (Å²) >= 11 is 0. The van der Waals surface area contributed by atoms with E-state index < -0.39 is 21.7 Å². The van der Waals surface area contributed by atoms with Crippen LogP contribution in [0.5, 0.6) is 0 Å². The van der Waals surface area contributed by atoms with Crippen molar-refractivity contribution in [2.45, 2.75) is 18.7 Å². The highest BCUT2D eigenvalue weighted by atomic mass is 32.2. The second-order valence-corrected chi connectivity index (χ2v) is 5.75. The first-order valence-electron chi connectivity index (χ1n) is 5.54. The summed E-state index contributed by atoms with van der Waals surface area (Å²) in [5.41, 5.74) is 0.555. The number of aromatic carboxylic acids is 1. The number of aromatic amines is 1. The minimum atomic E-state index is -4.06. The number of hydrogen-bond acceptors (Lipinski definition) is 5. The minimum absolute atomic E-state index is 0.149. The van der Waals surface area contributed by atoms with Gasteiger partial charge in [0.1, 0.15) is 4.90 Å². The van der Waals surface area contributed by atoms with E-state index in [0.29, 0.717) is 5.56 Å². The van der Waals surface area contributed by atoms with Crippen molar-refractivity contribution in [2.24, 2.45) is 0 Å². The Hall–Kier alpha value is -2.42. The van der Waals surface area contributed by atoms with Crippen LogP contribution in [0.15, 0.2) is 23.4 Å². The lowest BCUT2D eigenvalue weighted by Gasteiger charge is -2.09. The second kappa shape index (κ2) is 4.93. The SMILES string of the molecule is Cc1ccncc1NS(=O)(=O)c1c(C(=O)O)n[nH]c1C. The average Bonchev–Trinajstić information content (AvgIpc) is 2.75. The van der Waals surface area contributed by atoms with E-state index in [-0.39, 0.29) is 16.3 Å². The summed E-state index contributed by atoms with van der Waals surface area (Å²) in [6.07, 6.45) is 2.88. The van der Waals surface area contributed by atoms with Gasteiger partial charge in [-0.3, -0.25) is 14.8 Å². The summed E-state index contributed by atoms with van der Waals surface area (Å²) < 4.78 is 26.9. The van der Waals surface area contributed by atoms with Gasteiger partial charge in [0.25, 0.3) is 10.0 Å². The molecular formula is C11H12N4O4S. The molecule has 2 aromatic rings. The first kappa shape index (κ1) is 14.0. The zero-order chi connectivity index (χ0) is 14.9. The van der Waals surface area contributed by atoms with Crippen molar-refractivity contribution < 1.29 is 18.3 Å². The zero-order valence-corrected chi connectivity index (χ0v) is 11.5. The molecule has 0 aromatic carbocycles. The van der Waals surface area contributed by atoms with Gasteiger partial charge < -0.3 is 5.11 Å². The van der Waals surface area contributed by atoms with Crippen molar-refractivity contribution in [3.05, 3.63) is 35.4 Å². The highest BCUT2D eigenvalue weighted by Gasteiger charge is 2.28. The Bertz CT molecular complexity index is 766. The fourth-order valence-corrected chi connectivity index (χ4v) is 3.10. The monoisotopic (exact) mass is 296 g/mol. The molecule has 0 saturated carbocycles. The van der Waals surface area contributed by atoms with Crippen LogP contribution in [0.2, 0.25) is 0 Å². The van der Waals surface area contributed by atoms with Gasteiger partial charge in [-0.05, 0) is 25.5 Å². The third kappa shape index (κ3) is 2.48. The number of nitrogens with zero attached hydrogens (tertiary/aromatic N) is 2. The predicted octanol–water partition coefficient (Wildman–Crippen LogP) is 0.921. The normalized spacial score (nSPS) is 11.3. The van der Waals surface area contributed by atoms with Crippen LogP contribution in [-0.4, -0.2) is 34.7 Å². The molecule has 20 heavy (non-hydrogen) atoms. The molecule has 0 spiro atoms. The number of carbonyl (C=O) groups is 1. The first-order chi connectivity index (χ1) is 9.33. The molecule has 0 fully saturated rings. The van der Waals surface area contributed by atoms with Gasteiger partial charge in [-0.25, -0.2) is 13.2 Å². The molecule has 0 aliphatic rings. The number of carboxylic acid groups (broad SMARTS) is 1. The second-order valence-electron chi connectivity index (χ2n) is 4.13. The standard InChI is InChI=1S/C11H12N4O4S/c1-6-3-4-12-5-8(6)15-20(18,19)10-7(2)13-14-9(10)11(16)17/h3-5,15H,1-2H3,(H,13,14)(H,16,17). The van der Waals surface area contributed by atoms with Crippen molar-refractivity contribution in [1.82, 2.24) is 15.2 Å². The Balaban J connectivity index is 2.49. The summed E-state index contributed by atoms with van der Waals surface area (Å²) in [7, 11) is -4.06. The summed E-state index contributed by atoms with van der Waals surface area (Å²) in [5.74, 6) is -1.42. The van der Waals surface area contributed by atoms with E-state index in [2.05, 4.69) is 19.9 Å². The number of sulfonamides is 1. The van der Waals surface area contributed by atoms with E-state index in [9.17, 15) is 13.2 Å². The Labute approximate surface area is 114 Å².